The van der Waals surface area contributed by atoms with Crippen molar-refractivity contribution in [1.82, 2.24) is 10.6 Å². The Morgan fingerprint density at radius 2 is 2.00 bits per heavy atom. The van der Waals surface area contributed by atoms with Crippen LogP contribution in [0.1, 0.15) is 43.0 Å². The molecule has 1 aliphatic carbocycles. The number of carbonyl (C=O) groups is 2. The van der Waals surface area contributed by atoms with Crippen molar-refractivity contribution in [2.24, 2.45) is 5.92 Å². The van der Waals surface area contributed by atoms with E-state index in [-0.39, 0.29) is 36.2 Å². The van der Waals surface area contributed by atoms with Crippen LogP contribution in [0.15, 0.2) is 18.2 Å². The molecule has 2 fully saturated rings. The zero-order chi connectivity index (χ0) is 16.4. The lowest BCUT2D eigenvalue weighted by Gasteiger charge is -2.27. The summed E-state index contributed by atoms with van der Waals surface area (Å²) in [6.45, 7) is 2.94. The molecule has 2 atom stereocenters. The molecule has 3 rings (SSSR count). The third-order valence-corrected chi connectivity index (χ3v) is 4.72. The first-order chi connectivity index (χ1) is 11.0. The van der Waals surface area contributed by atoms with E-state index in [1.54, 1.807) is 18.2 Å². The van der Waals surface area contributed by atoms with E-state index in [1.807, 2.05) is 0 Å². The van der Waals surface area contributed by atoms with Crippen LogP contribution in [0.4, 0.5) is 5.69 Å². The van der Waals surface area contributed by atoms with Crippen LogP contribution in [-0.2, 0) is 4.79 Å². The van der Waals surface area contributed by atoms with Crippen LogP contribution in [0.2, 0.25) is 5.02 Å². The van der Waals surface area contributed by atoms with E-state index < -0.39 is 0 Å². The van der Waals surface area contributed by atoms with E-state index in [4.69, 9.17) is 11.6 Å². The number of anilines is 1. The normalized spacial score (nSPS) is 23.1. The summed E-state index contributed by atoms with van der Waals surface area (Å²) in [5.41, 5.74) is 1.03. The second-order valence-corrected chi connectivity index (χ2v) is 6.92. The monoisotopic (exact) mass is 371 g/mol. The molecule has 7 heteroatoms. The third kappa shape index (κ3) is 4.85. The zero-order valence-corrected chi connectivity index (χ0v) is 15.2. The molecule has 0 aromatic heterocycles. The van der Waals surface area contributed by atoms with E-state index in [9.17, 15) is 9.59 Å². The van der Waals surface area contributed by atoms with Crippen LogP contribution in [0.25, 0.3) is 0 Å². The third-order valence-electron chi connectivity index (χ3n) is 4.39. The molecule has 1 aliphatic heterocycles. The summed E-state index contributed by atoms with van der Waals surface area (Å²) in [6, 6.07) is 5.67. The molecule has 1 aromatic rings. The Balaban J connectivity index is 0.00000208. The number of hydrogen-bond donors (Lipinski definition) is 3. The fourth-order valence-corrected chi connectivity index (χ4v) is 3.09. The zero-order valence-electron chi connectivity index (χ0n) is 13.6. The van der Waals surface area contributed by atoms with E-state index in [0.29, 0.717) is 22.3 Å². The van der Waals surface area contributed by atoms with Gasteiger partial charge in [0.05, 0.1) is 10.6 Å². The molecular weight excluding hydrogens is 349 g/mol. The number of halogens is 2. The Labute approximate surface area is 153 Å². The summed E-state index contributed by atoms with van der Waals surface area (Å²) in [6.07, 6.45) is 3.70. The Morgan fingerprint density at radius 1 is 1.25 bits per heavy atom. The number of nitrogens with one attached hydrogen (secondary N) is 3. The van der Waals surface area contributed by atoms with E-state index in [0.717, 1.165) is 32.2 Å². The van der Waals surface area contributed by atoms with Gasteiger partial charge in [-0.1, -0.05) is 11.6 Å². The molecule has 1 saturated carbocycles. The quantitative estimate of drug-likeness (QED) is 0.761. The number of amides is 2. The molecule has 3 N–H and O–H groups in total. The Morgan fingerprint density at radius 3 is 2.67 bits per heavy atom. The molecule has 2 aliphatic rings. The molecule has 1 heterocycles. The fraction of sp³-hybridized carbons (Fsp3) is 0.529. The molecule has 1 saturated heterocycles. The van der Waals surface area contributed by atoms with Gasteiger partial charge in [-0.3, -0.25) is 9.59 Å². The second kappa shape index (κ2) is 8.19. The summed E-state index contributed by atoms with van der Waals surface area (Å²) in [4.78, 5) is 24.6. The smallest absolute Gasteiger partial charge is 0.253 e. The summed E-state index contributed by atoms with van der Waals surface area (Å²) < 4.78 is 0. The van der Waals surface area contributed by atoms with E-state index >= 15 is 0 Å². The highest BCUT2D eigenvalue weighted by atomic mass is 35.5. The summed E-state index contributed by atoms with van der Waals surface area (Å²) in [7, 11) is 0. The van der Waals surface area contributed by atoms with Crippen LogP contribution in [0.3, 0.4) is 0 Å². The van der Waals surface area contributed by atoms with Gasteiger partial charge in [-0.2, -0.15) is 0 Å². The van der Waals surface area contributed by atoms with Crippen LogP contribution < -0.4 is 16.0 Å². The van der Waals surface area contributed by atoms with Crippen molar-refractivity contribution in [2.75, 3.05) is 11.9 Å². The number of piperidine rings is 1. The average molecular weight is 372 g/mol. The van der Waals surface area contributed by atoms with Gasteiger partial charge in [0.25, 0.3) is 5.91 Å². The predicted octanol–water partition coefficient (Wildman–Crippen LogP) is 2.98. The van der Waals surface area contributed by atoms with Crippen LogP contribution in [-0.4, -0.2) is 30.4 Å². The van der Waals surface area contributed by atoms with Gasteiger partial charge in [-0.25, -0.2) is 0 Å². The topological polar surface area (TPSA) is 70.2 Å². The maximum absolute atomic E-state index is 12.4. The molecule has 0 bridgehead atoms. The molecule has 132 valence electrons. The molecular formula is C17H23Cl2N3O2. The van der Waals surface area contributed by atoms with Gasteiger partial charge in [-0.05, 0) is 57.4 Å². The van der Waals surface area contributed by atoms with Crippen molar-refractivity contribution in [3.8, 4) is 0 Å². The summed E-state index contributed by atoms with van der Waals surface area (Å²) >= 11 is 6.12. The Bertz CT molecular complexity index is 620. The van der Waals surface area contributed by atoms with Gasteiger partial charge < -0.3 is 16.0 Å². The van der Waals surface area contributed by atoms with Crippen molar-refractivity contribution < 1.29 is 9.59 Å². The second-order valence-electron chi connectivity index (χ2n) is 6.51. The van der Waals surface area contributed by atoms with E-state index in [2.05, 4.69) is 22.9 Å². The molecule has 5 nitrogen and oxygen atoms in total. The highest BCUT2D eigenvalue weighted by Gasteiger charge is 2.26. The SMILES string of the molecule is C[C@H]1C[C@@H](C(=O)Nc2ccc(Cl)c(C(=O)NC3CC3)c2)CCN1.Cl. The summed E-state index contributed by atoms with van der Waals surface area (Å²) in [5, 5.41) is 9.57. The number of hydrogen-bond acceptors (Lipinski definition) is 3. The highest BCUT2D eigenvalue weighted by Crippen LogP contribution is 2.25. The van der Waals surface area contributed by atoms with Gasteiger partial charge in [0.1, 0.15) is 0 Å². The molecule has 0 spiro atoms. The highest BCUT2D eigenvalue weighted by molar-refractivity contribution is 6.34. The molecule has 24 heavy (non-hydrogen) atoms. The number of rotatable bonds is 4. The standard InChI is InChI=1S/C17H22ClN3O2.ClH/c1-10-8-11(6-7-19-10)16(22)21-13-4-5-15(18)14(9-13)17(23)20-12-2-3-12;/h4-5,9-12,19H,2-3,6-8H2,1H3,(H,20,23)(H,21,22);1H/t10-,11-;/m0./s1. The van der Waals surface area contributed by atoms with Crippen LogP contribution in [0, 0.1) is 5.92 Å². The lowest BCUT2D eigenvalue weighted by molar-refractivity contribution is -0.120. The minimum atomic E-state index is -0.177. The predicted molar refractivity (Wildman–Crippen MR) is 98.0 cm³/mol. The molecule has 0 radical (unpaired) electrons. The van der Waals surface area contributed by atoms with Crippen molar-refractivity contribution in [1.29, 1.82) is 0 Å². The van der Waals surface area contributed by atoms with Gasteiger partial charge in [-0.15, -0.1) is 12.4 Å². The first-order valence-corrected chi connectivity index (χ1v) is 8.55. The average Bonchev–Trinajstić information content (AvgIpc) is 3.33. The minimum Gasteiger partial charge on any atom is -0.349 e. The van der Waals surface area contributed by atoms with Gasteiger partial charge in [0.15, 0.2) is 0 Å². The molecule has 1 aromatic carbocycles. The van der Waals surface area contributed by atoms with Crippen LogP contribution >= 0.6 is 24.0 Å². The maximum atomic E-state index is 12.4. The van der Waals surface area contributed by atoms with Crippen LogP contribution in [0.5, 0.6) is 0 Å². The Hall–Kier alpha value is -1.30. The lowest BCUT2D eigenvalue weighted by atomic mass is 9.92. The van der Waals surface area contributed by atoms with E-state index in [1.165, 1.54) is 0 Å². The van der Waals surface area contributed by atoms with Gasteiger partial charge in [0, 0.05) is 23.7 Å². The number of benzene rings is 1. The Kier molecular flexibility index (Phi) is 6.49. The largest absolute Gasteiger partial charge is 0.349 e. The first kappa shape index (κ1) is 19.0. The summed E-state index contributed by atoms with van der Waals surface area (Å²) in [5.74, 6) is -0.163. The van der Waals surface area contributed by atoms with Crippen molar-refractivity contribution >= 4 is 41.5 Å². The molecule has 2 amide bonds. The molecule has 0 unspecified atom stereocenters. The fourth-order valence-electron chi connectivity index (χ4n) is 2.88. The maximum Gasteiger partial charge on any atom is 0.253 e. The minimum absolute atomic E-state index is 0. The first-order valence-electron chi connectivity index (χ1n) is 8.17. The number of carbonyl (C=O) groups excluding carboxylic acids is 2. The lowest BCUT2D eigenvalue weighted by Crippen LogP contribution is -2.40. The van der Waals surface area contributed by atoms with Crippen molar-refractivity contribution in [3.63, 3.8) is 0 Å². The van der Waals surface area contributed by atoms with Crippen molar-refractivity contribution in [2.45, 2.75) is 44.7 Å². The van der Waals surface area contributed by atoms with Gasteiger partial charge >= 0.3 is 0 Å². The van der Waals surface area contributed by atoms with Gasteiger partial charge in [0.2, 0.25) is 5.91 Å². The van der Waals surface area contributed by atoms with Crippen molar-refractivity contribution in [3.05, 3.63) is 28.8 Å².